The van der Waals surface area contributed by atoms with Gasteiger partial charge in [-0.05, 0) is 224 Å². The minimum absolute atomic E-state index is 0.143. The monoisotopic (exact) mass is 1490 g/mol. The summed E-state index contributed by atoms with van der Waals surface area (Å²) in [5, 5.41) is 26.8. The summed E-state index contributed by atoms with van der Waals surface area (Å²) in [5.41, 5.74) is 3.66. The number of amides is 7. The summed E-state index contributed by atoms with van der Waals surface area (Å²) in [4.78, 5) is 63.7. The van der Waals surface area contributed by atoms with Crippen molar-refractivity contribution in [2.75, 3.05) is 29.4 Å². The Balaban J connectivity index is 0.000000127. The van der Waals surface area contributed by atoms with Crippen molar-refractivity contribution in [2.24, 2.45) is 0 Å². The molecule has 0 aromatic heterocycles. The lowest BCUT2D eigenvalue weighted by molar-refractivity contribution is -0.123. The number of urea groups is 3. The highest BCUT2D eigenvalue weighted by Gasteiger charge is 2.72. The van der Waals surface area contributed by atoms with Crippen LogP contribution in [0.3, 0.4) is 0 Å². The largest absolute Gasteiger partial charge is 0.364 e. The zero-order valence-corrected chi connectivity index (χ0v) is 58.2. The van der Waals surface area contributed by atoms with Crippen molar-refractivity contribution in [1.82, 2.24) is 0 Å². The summed E-state index contributed by atoms with van der Waals surface area (Å²) < 4.78 is 2.96. The van der Waals surface area contributed by atoms with Crippen LogP contribution < -0.4 is 29.4 Å². The highest BCUT2D eigenvalue weighted by molar-refractivity contribution is 9.11. The van der Waals surface area contributed by atoms with Crippen LogP contribution >= 0.6 is 82.6 Å². The van der Waals surface area contributed by atoms with E-state index in [4.69, 9.17) is 34.8 Å². The molecule has 3 heterocycles. The van der Waals surface area contributed by atoms with E-state index in [1.54, 1.807) is 85.2 Å². The van der Waals surface area contributed by atoms with Gasteiger partial charge in [-0.1, -0.05) is 178 Å². The first-order valence-corrected chi connectivity index (χ1v) is 34.3. The number of anilines is 6. The fourth-order valence-electron chi connectivity index (χ4n) is 13.9. The minimum atomic E-state index is -1.51. The second kappa shape index (κ2) is 26.5. The smallest absolute Gasteiger partial charge is 0.336 e. The fraction of sp³-hybridized carbons (Fsp3) is 0.227. The average molecular weight is 1490 g/mol. The molecule has 2 atom stereocenters. The number of rotatable bonds is 8. The van der Waals surface area contributed by atoms with Gasteiger partial charge in [0.1, 0.15) is 16.6 Å². The van der Waals surface area contributed by atoms with Gasteiger partial charge >= 0.3 is 18.1 Å². The van der Waals surface area contributed by atoms with Crippen molar-refractivity contribution in [3.63, 3.8) is 0 Å². The molecule has 9 aromatic carbocycles. The number of carbonyl (C=O) groups is 4. The van der Waals surface area contributed by atoms with E-state index in [1.807, 2.05) is 166 Å². The van der Waals surface area contributed by atoms with Gasteiger partial charge in [0, 0.05) is 68.0 Å². The lowest BCUT2D eigenvalue weighted by Gasteiger charge is -2.52. The Morgan fingerprint density at radius 1 is 0.344 bits per heavy atom. The molecule has 18 heteroatoms. The highest BCUT2D eigenvalue weighted by Crippen LogP contribution is 2.61. The normalized spacial score (nSPS) is 20.3. The van der Waals surface area contributed by atoms with E-state index in [9.17, 15) is 29.4 Å². The predicted molar refractivity (Wildman–Crippen MR) is 384 cm³/mol. The van der Waals surface area contributed by atoms with Gasteiger partial charge in [-0.25, -0.2) is 19.3 Å². The molecule has 12 nitrogen and oxygen atoms in total. The van der Waals surface area contributed by atoms with Crippen LogP contribution in [-0.2, 0) is 16.2 Å². The molecule has 6 fully saturated rings. The molecule has 2 N–H and O–H groups in total. The van der Waals surface area contributed by atoms with Gasteiger partial charge in [0.25, 0.3) is 5.91 Å². The van der Waals surface area contributed by atoms with E-state index >= 15 is 0 Å². The zero-order chi connectivity index (χ0) is 65.6. The maximum Gasteiger partial charge on any atom is 0.336 e. The van der Waals surface area contributed by atoms with Gasteiger partial charge in [0.2, 0.25) is 0 Å². The molecule has 3 saturated heterocycles. The molecule has 6 aliphatic rings. The van der Waals surface area contributed by atoms with Gasteiger partial charge in [0.15, 0.2) is 11.4 Å². The maximum atomic E-state index is 14.0. The number of hydrogen-bond donors (Lipinski definition) is 2. The second-order valence-electron chi connectivity index (χ2n) is 24.4. The topological polar surface area (TPSA) is 128 Å². The highest BCUT2D eigenvalue weighted by atomic mass is 79.9. The molecule has 7 amide bonds. The number of carbonyl (C=O) groups excluding carboxylic acids is 4. The number of aryl methyl sites for hydroxylation is 3. The molecule has 3 aliphatic heterocycles. The van der Waals surface area contributed by atoms with Gasteiger partial charge < -0.3 is 10.2 Å². The van der Waals surface area contributed by atoms with Crippen molar-refractivity contribution >= 4 is 141 Å². The van der Waals surface area contributed by atoms with Crippen molar-refractivity contribution in [3.8, 4) is 0 Å². The fourth-order valence-corrected chi connectivity index (χ4v) is 15.3. The molecular formula is C75H66Br3Cl3N6O6. The van der Waals surface area contributed by atoms with E-state index in [0.29, 0.717) is 63.5 Å². The van der Waals surface area contributed by atoms with Crippen LogP contribution in [0.15, 0.2) is 238 Å². The Morgan fingerprint density at radius 2 is 0.688 bits per heavy atom. The third-order valence-electron chi connectivity index (χ3n) is 18.8. The first-order chi connectivity index (χ1) is 44.7. The summed E-state index contributed by atoms with van der Waals surface area (Å²) in [7, 11) is 0. The van der Waals surface area contributed by atoms with Crippen LogP contribution in [0, 0.1) is 20.8 Å². The third-order valence-corrected chi connectivity index (χ3v) is 21.1. The lowest BCUT2D eigenvalue weighted by atomic mass is 9.66. The molecular weight excluding hydrogens is 1430 g/mol. The van der Waals surface area contributed by atoms with Crippen LogP contribution in [0.2, 0.25) is 15.1 Å². The predicted octanol–water partition coefficient (Wildman–Crippen LogP) is 20.2. The van der Waals surface area contributed by atoms with Crippen LogP contribution in [0.4, 0.5) is 48.5 Å². The molecule has 9 aromatic rings. The van der Waals surface area contributed by atoms with Gasteiger partial charge in [-0.15, -0.1) is 0 Å². The van der Waals surface area contributed by atoms with Gasteiger partial charge in [0.05, 0.1) is 5.69 Å². The average Bonchev–Trinajstić information content (AvgIpc) is 1.55. The number of imide groups is 1. The zero-order valence-electron chi connectivity index (χ0n) is 51.2. The van der Waals surface area contributed by atoms with Crippen LogP contribution in [0.25, 0.3) is 0 Å². The molecule has 3 aliphatic carbocycles. The Morgan fingerprint density at radius 3 is 1.03 bits per heavy atom. The van der Waals surface area contributed by atoms with Gasteiger partial charge in [-0.3, -0.25) is 29.3 Å². The summed E-state index contributed by atoms with van der Waals surface area (Å²) in [6.45, 7) is 6.07. The SMILES string of the molecule is Cc1cccc(Br)c1.Cc1cccc(C2(O)N(c3ccc(Br)cc3)C(=O)N(c3ccc(Cl)cc3)C23CCC3)c1.Cc1cccc(C2(O)N(c3ccccc3)C(=O)N(c3ccc(Cl)cc3)C23CCC3)c1.O=C1N(c2ccc(Br)cc2)C(=O)C2(CCC2)N1c1ccc(Cl)cc1. The number of para-hydroxylation sites is 1. The van der Waals surface area contributed by atoms with Crippen molar-refractivity contribution < 1.29 is 29.4 Å². The molecule has 0 bridgehead atoms. The molecule has 93 heavy (non-hydrogen) atoms. The van der Waals surface area contributed by atoms with Crippen molar-refractivity contribution in [1.29, 1.82) is 0 Å². The summed E-state index contributed by atoms with van der Waals surface area (Å²) in [6.07, 6.45) is 7.06. The molecule has 474 valence electrons. The molecule has 3 saturated carbocycles. The standard InChI is InChI=1S/C25H22BrClN2O2.C25H23ClN2O2.C18H14BrClN2O2.C7H7Br/c1-17-4-2-5-18(16-17)25(31)24(14-3-15-24)28(21-12-8-20(27)9-13-21)23(30)29(25)22-10-6-19(26)7-11-22;1-18-7-5-8-19(17-18)25(30)24(15-6-16-24)27(22-13-11-20(26)12-14-22)23(29)28(25)21-9-3-2-4-10-21;19-12-2-6-14(7-3-12)21-16(23)18(10-1-11-18)22(17(21)24)15-8-4-13(20)5-9-15;1-6-3-2-4-7(8)5-6/h2,4-13,16,31H,3,14-15H2,1H3;2-5,7-14,17,30H,6,15-16H2,1H3;2-9H,1,10-11H2;2-5H,1H3. The number of halogens is 6. The summed E-state index contributed by atoms with van der Waals surface area (Å²) >= 11 is 28.4. The Labute approximate surface area is 582 Å². The molecule has 3 spiro atoms. The van der Waals surface area contributed by atoms with Gasteiger partial charge in [-0.2, -0.15) is 0 Å². The molecule has 15 rings (SSSR count). The molecule has 0 radical (unpaired) electrons. The first-order valence-electron chi connectivity index (χ1n) is 30.8. The third kappa shape index (κ3) is 11.7. The minimum Gasteiger partial charge on any atom is -0.364 e. The van der Waals surface area contributed by atoms with E-state index in [-0.39, 0.29) is 24.0 Å². The Kier molecular flexibility index (Phi) is 18.7. The second-order valence-corrected chi connectivity index (χ2v) is 28.5. The first kappa shape index (κ1) is 65.7. The van der Waals surface area contributed by atoms with E-state index in [0.717, 1.165) is 79.2 Å². The van der Waals surface area contributed by atoms with E-state index < -0.39 is 28.1 Å². The van der Waals surface area contributed by atoms with Crippen molar-refractivity contribution in [3.05, 3.63) is 281 Å². The van der Waals surface area contributed by atoms with E-state index in [1.165, 1.54) is 10.5 Å². The Bertz CT molecular complexity index is 4240. The summed E-state index contributed by atoms with van der Waals surface area (Å²) in [5.74, 6) is -0.143. The number of hydrogen-bond acceptors (Lipinski definition) is 6. The summed E-state index contributed by atoms with van der Waals surface area (Å²) in [6, 6.07) is 68.8. The quantitative estimate of drug-likeness (QED) is 0.146. The van der Waals surface area contributed by atoms with Crippen LogP contribution in [0.1, 0.15) is 85.6 Å². The van der Waals surface area contributed by atoms with Crippen LogP contribution in [0.5, 0.6) is 0 Å². The lowest BCUT2D eigenvalue weighted by Crippen LogP contribution is -2.63. The number of aliphatic hydroxyl groups is 2. The van der Waals surface area contributed by atoms with Crippen LogP contribution in [-0.4, -0.2) is 50.8 Å². The molecule has 2 unspecified atom stereocenters. The number of nitrogens with zero attached hydrogens (tertiary/aromatic N) is 6. The number of benzene rings is 9. The van der Waals surface area contributed by atoms with E-state index in [2.05, 4.69) is 66.8 Å². The maximum absolute atomic E-state index is 14.0. The Hall–Kier alpha value is -7.31. The van der Waals surface area contributed by atoms with Crippen molar-refractivity contribution in [2.45, 2.75) is 107 Å².